The van der Waals surface area contributed by atoms with Gasteiger partial charge in [-0.1, -0.05) is 60.4 Å². The van der Waals surface area contributed by atoms with E-state index in [0.717, 1.165) is 34.9 Å². The molecule has 0 aliphatic carbocycles. The van der Waals surface area contributed by atoms with Gasteiger partial charge in [-0.15, -0.1) is 0 Å². The van der Waals surface area contributed by atoms with Gasteiger partial charge >= 0.3 is 0 Å². The Morgan fingerprint density at radius 3 is 2.27 bits per heavy atom. The van der Waals surface area contributed by atoms with Crippen molar-refractivity contribution in [3.8, 4) is 17.2 Å². The fraction of sp³-hybridized carbons (Fsp3) is 0.154. The third kappa shape index (κ3) is 5.94. The summed E-state index contributed by atoms with van der Waals surface area (Å²) in [6.45, 7) is 1.05. The molecule has 0 saturated carbocycles. The lowest BCUT2D eigenvalue weighted by Crippen LogP contribution is -2.27. The number of rotatable bonds is 9. The van der Waals surface area contributed by atoms with Gasteiger partial charge in [-0.05, 0) is 48.0 Å². The molecule has 4 rings (SSSR count). The highest BCUT2D eigenvalue weighted by Crippen LogP contribution is 2.36. The minimum atomic E-state index is -0.114. The van der Waals surface area contributed by atoms with Crippen LogP contribution < -0.4 is 19.1 Å². The Morgan fingerprint density at radius 2 is 1.55 bits per heavy atom. The number of para-hydroxylation sites is 1. The Kier molecular flexibility index (Phi) is 7.65. The predicted molar refractivity (Wildman–Crippen MR) is 137 cm³/mol. The maximum absolute atomic E-state index is 12.9. The predicted octanol–water partition coefficient (Wildman–Crippen LogP) is 5.95. The van der Waals surface area contributed by atoms with E-state index >= 15 is 0 Å². The van der Waals surface area contributed by atoms with Crippen LogP contribution in [0.5, 0.6) is 17.2 Å². The largest absolute Gasteiger partial charge is 0.497 e. The monoisotopic (exact) mass is 477 g/mol. The molecule has 0 spiro atoms. The molecule has 33 heavy (non-hydrogen) atoms. The number of nitrogens with zero attached hydrogens (tertiary/aromatic N) is 1. The molecule has 1 saturated heterocycles. The van der Waals surface area contributed by atoms with Crippen molar-refractivity contribution in [1.29, 1.82) is 0 Å². The Morgan fingerprint density at radius 1 is 0.879 bits per heavy atom. The molecule has 0 bridgehead atoms. The highest BCUT2D eigenvalue weighted by Gasteiger charge is 2.33. The molecule has 7 heteroatoms. The number of thioether (sulfide) groups is 1. The first-order chi connectivity index (χ1) is 16.1. The summed E-state index contributed by atoms with van der Waals surface area (Å²) in [6, 6.07) is 24.6. The van der Waals surface area contributed by atoms with Crippen LogP contribution >= 0.6 is 24.0 Å². The summed E-state index contributed by atoms with van der Waals surface area (Å²) in [6.07, 6.45) is 2.58. The number of ether oxygens (including phenoxy) is 3. The smallest absolute Gasteiger partial charge is 0.270 e. The number of anilines is 1. The second-order valence-electron chi connectivity index (χ2n) is 7.15. The fourth-order valence-corrected chi connectivity index (χ4v) is 4.54. The van der Waals surface area contributed by atoms with Crippen molar-refractivity contribution in [2.45, 2.75) is 6.42 Å². The first kappa shape index (κ1) is 22.9. The molecular formula is C26H23NO4S2. The van der Waals surface area contributed by atoms with E-state index in [1.807, 2.05) is 84.9 Å². The number of thiocarbonyl (C=S) groups is 1. The first-order valence-electron chi connectivity index (χ1n) is 10.5. The lowest BCUT2D eigenvalue weighted by Gasteiger charge is -2.13. The summed E-state index contributed by atoms with van der Waals surface area (Å²) >= 11 is 6.74. The second kappa shape index (κ2) is 11.0. The van der Waals surface area contributed by atoms with Crippen LogP contribution in [0.25, 0.3) is 6.08 Å². The molecule has 168 valence electrons. The highest BCUT2D eigenvalue weighted by atomic mass is 32.2. The number of hydrogen-bond donors (Lipinski definition) is 0. The Balaban J connectivity index is 1.32. The zero-order valence-corrected chi connectivity index (χ0v) is 19.7. The van der Waals surface area contributed by atoms with Crippen LogP contribution in [0.2, 0.25) is 0 Å². The number of benzene rings is 3. The van der Waals surface area contributed by atoms with Crippen molar-refractivity contribution in [2.24, 2.45) is 0 Å². The van der Waals surface area contributed by atoms with Gasteiger partial charge in [0.25, 0.3) is 5.91 Å². The van der Waals surface area contributed by atoms with Crippen molar-refractivity contribution < 1.29 is 19.0 Å². The normalized spacial score (nSPS) is 14.6. The van der Waals surface area contributed by atoms with E-state index in [2.05, 4.69) is 0 Å². The number of hydrogen-bond acceptors (Lipinski definition) is 6. The quantitative estimate of drug-likeness (QED) is 0.216. The van der Waals surface area contributed by atoms with Crippen molar-refractivity contribution in [1.82, 2.24) is 0 Å². The molecule has 5 nitrogen and oxygen atoms in total. The Hall–Kier alpha value is -3.29. The van der Waals surface area contributed by atoms with Crippen LogP contribution in [0.4, 0.5) is 5.69 Å². The van der Waals surface area contributed by atoms with Crippen LogP contribution in [-0.2, 0) is 4.79 Å². The second-order valence-corrected chi connectivity index (χ2v) is 8.83. The number of carbonyl (C=O) groups excluding carboxylic acids is 1. The maximum atomic E-state index is 12.9. The minimum absolute atomic E-state index is 0.114. The van der Waals surface area contributed by atoms with Gasteiger partial charge in [0, 0.05) is 12.5 Å². The zero-order chi connectivity index (χ0) is 23.0. The number of amides is 1. The average Bonchev–Trinajstić information content (AvgIpc) is 3.12. The third-order valence-corrected chi connectivity index (χ3v) is 6.13. The van der Waals surface area contributed by atoms with Crippen LogP contribution in [0, 0.1) is 0 Å². The SMILES string of the molecule is COc1cccc(OCCCOc2cccc(C=C3SC(=S)N(c4ccccc4)C3=O)c2)c1. The van der Waals surface area contributed by atoms with Gasteiger partial charge in [0.05, 0.1) is 30.9 Å². The van der Waals surface area contributed by atoms with Gasteiger partial charge in [0.1, 0.15) is 17.2 Å². The summed E-state index contributed by atoms with van der Waals surface area (Å²) in [7, 11) is 1.63. The van der Waals surface area contributed by atoms with E-state index in [1.165, 1.54) is 11.8 Å². The van der Waals surface area contributed by atoms with Gasteiger partial charge in [0.2, 0.25) is 0 Å². The van der Waals surface area contributed by atoms with Gasteiger partial charge in [-0.25, -0.2) is 0 Å². The van der Waals surface area contributed by atoms with E-state index < -0.39 is 0 Å². The third-order valence-electron chi connectivity index (χ3n) is 4.83. The van der Waals surface area contributed by atoms with E-state index in [0.29, 0.717) is 22.4 Å². The molecular weight excluding hydrogens is 454 g/mol. The van der Waals surface area contributed by atoms with Crippen LogP contribution in [0.3, 0.4) is 0 Å². The van der Waals surface area contributed by atoms with Crippen molar-refractivity contribution >= 4 is 46.0 Å². The lowest BCUT2D eigenvalue weighted by atomic mass is 10.2. The minimum Gasteiger partial charge on any atom is -0.497 e. The summed E-state index contributed by atoms with van der Waals surface area (Å²) in [5, 5.41) is 0. The molecule has 0 atom stereocenters. The summed E-state index contributed by atoms with van der Waals surface area (Å²) < 4.78 is 17.3. The van der Waals surface area contributed by atoms with Gasteiger partial charge < -0.3 is 14.2 Å². The molecule has 1 amide bonds. The zero-order valence-electron chi connectivity index (χ0n) is 18.1. The standard InChI is InChI=1S/C26H23NO4S2/c1-29-21-11-6-13-23(18-21)31-15-7-14-30-22-12-5-8-19(16-22)17-24-25(28)27(26(32)33-24)20-9-3-2-4-10-20/h2-6,8-13,16-18H,7,14-15H2,1H3. The van der Waals surface area contributed by atoms with Gasteiger partial charge in [-0.3, -0.25) is 9.69 Å². The molecule has 0 N–H and O–H groups in total. The molecule has 1 aliphatic heterocycles. The van der Waals surface area contributed by atoms with E-state index in [1.54, 1.807) is 12.0 Å². The van der Waals surface area contributed by atoms with Crippen molar-refractivity contribution in [2.75, 3.05) is 25.2 Å². The summed E-state index contributed by atoms with van der Waals surface area (Å²) in [5.74, 6) is 2.16. The Bertz CT molecular complexity index is 1160. The molecule has 3 aromatic carbocycles. The summed E-state index contributed by atoms with van der Waals surface area (Å²) in [5.41, 5.74) is 1.66. The van der Waals surface area contributed by atoms with Crippen LogP contribution in [0.1, 0.15) is 12.0 Å². The lowest BCUT2D eigenvalue weighted by molar-refractivity contribution is -0.113. The first-order valence-corrected chi connectivity index (χ1v) is 11.7. The highest BCUT2D eigenvalue weighted by molar-refractivity contribution is 8.27. The Labute approximate surface area is 203 Å². The van der Waals surface area contributed by atoms with E-state index in [4.69, 9.17) is 26.4 Å². The van der Waals surface area contributed by atoms with Gasteiger partial charge in [0.15, 0.2) is 4.32 Å². The fourth-order valence-electron chi connectivity index (χ4n) is 3.24. The van der Waals surface area contributed by atoms with Crippen molar-refractivity contribution in [3.63, 3.8) is 0 Å². The molecule has 0 aromatic heterocycles. The van der Waals surface area contributed by atoms with Gasteiger partial charge in [-0.2, -0.15) is 0 Å². The molecule has 0 unspecified atom stereocenters. The van der Waals surface area contributed by atoms with E-state index in [-0.39, 0.29) is 5.91 Å². The molecule has 3 aromatic rings. The molecule has 0 radical (unpaired) electrons. The molecule has 1 aliphatic rings. The number of carbonyl (C=O) groups is 1. The number of methoxy groups -OCH3 is 1. The molecule has 1 heterocycles. The molecule has 1 fully saturated rings. The topological polar surface area (TPSA) is 48.0 Å². The van der Waals surface area contributed by atoms with Crippen LogP contribution in [-0.4, -0.2) is 30.6 Å². The summed E-state index contributed by atoms with van der Waals surface area (Å²) in [4.78, 5) is 15.1. The van der Waals surface area contributed by atoms with Crippen molar-refractivity contribution in [3.05, 3.63) is 89.3 Å². The van der Waals surface area contributed by atoms with E-state index in [9.17, 15) is 4.79 Å². The maximum Gasteiger partial charge on any atom is 0.270 e. The van der Waals surface area contributed by atoms with Crippen LogP contribution in [0.15, 0.2) is 83.8 Å². The average molecular weight is 478 g/mol.